The first-order chi connectivity index (χ1) is 9.12. The Hall–Kier alpha value is -1.79. The zero-order valence-corrected chi connectivity index (χ0v) is 11.7. The summed E-state index contributed by atoms with van der Waals surface area (Å²) < 4.78 is 10.4. The molecule has 0 aliphatic carbocycles. The number of ether oxygens (including phenoxy) is 2. The summed E-state index contributed by atoms with van der Waals surface area (Å²) in [5.41, 5.74) is 0. The molecular weight excluding hydrogens is 291 g/mol. The highest BCUT2D eigenvalue weighted by atomic mass is 35.5. The van der Waals surface area contributed by atoms with Crippen LogP contribution in [-0.2, 0) is 0 Å². The molecule has 1 heterocycles. The maximum Gasteiger partial charge on any atom is 0.330 e. The number of aromatic nitrogens is 3. The fourth-order valence-corrected chi connectivity index (χ4v) is 1.56. The number of hydrogen-bond donors (Lipinski definition) is 1. The Bertz CT molecular complexity index is 573. The van der Waals surface area contributed by atoms with Gasteiger partial charge in [-0.15, -0.1) is 4.98 Å². The van der Waals surface area contributed by atoms with Gasteiger partial charge in [0.15, 0.2) is 5.75 Å². The van der Waals surface area contributed by atoms with Crippen molar-refractivity contribution >= 4 is 29.2 Å². The Morgan fingerprint density at radius 1 is 1.11 bits per heavy atom. The molecule has 0 atom stereocenters. The predicted octanol–water partition coefficient (Wildman–Crippen LogP) is 3.02. The summed E-state index contributed by atoms with van der Waals surface area (Å²) in [5, 5.41) is 3.67. The van der Waals surface area contributed by atoms with Crippen LogP contribution in [0, 0.1) is 0 Å². The van der Waals surface area contributed by atoms with Crippen molar-refractivity contribution in [2.75, 3.05) is 19.5 Å². The van der Waals surface area contributed by atoms with E-state index in [9.17, 15) is 0 Å². The summed E-state index contributed by atoms with van der Waals surface area (Å²) in [4.78, 5) is 11.9. The van der Waals surface area contributed by atoms with Crippen molar-refractivity contribution in [1.29, 1.82) is 0 Å². The Morgan fingerprint density at radius 2 is 1.84 bits per heavy atom. The van der Waals surface area contributed by atoms with Gasteiger partial charge in [-0.2, -0.15) is 9.97 Å². The lowest BCUT2D eigenvalue weighted by Gasteiger charge is -2.08. The van der Waals surface area contributed by atoms with E-state index in [0.717, 1.165) is 0 Å². The normalized spacial score (nSPS) is 10.1. The minimum absolute atomic E-state index is 0.0559. The zero-order valence-electron chi connectivity index (χ0n) is 10.1. The molecule has 1 aromatic heterocycles. The van der Waals surface area contributed by atoms with E-state index in [2.05, 4.69) is 20.3 Å². The first kappa shape index (κ1) is 13.6. The molecule has 8 heteroatoms. The number of methoxy groups -OCH3 is 1. The molecule has 0 fully saturated rings. The summed E-state index contributed by atoms with van der Waals surface area (Å²) in [6.07, 6.45) is 0. The molecule has 0 bridgehead atoms. The second-order valence-corrected chi connectivity index (χ2v) is 4.20. The number of hydrogen-bond acceptors (Lipinski definition) is 6. The van der Waals surface area contributed by atoms with Crippen molar-refractivity contribution in [3.63, 3.8) is 0 Å². The summed E-state index contributed by atoms with van der Waals surface area (Å²) in [7, 11) is 3.12. The van der Waals surface area contributed by atoms with E-state index in [1.165, 1.54) is 7.11 Å². The largest absolute Gasteiger partial charge is 0.467 e. The molecule has 6 nitrogen and oxygen atoms in total. The van der Waals surface area contributed by atoms with E-state index in [1.54, 1.807) is 25.2 Å². The van der Waals surface area contributed by atoms with E-state index >= 15 is 0 Å². The van der Waals surface area contributed by atoms with Gasteiger partial charge in [0.05, 0.1) is 12.1 Å². The van der Waals surface area contributed by atoms with Crippen molar-refractivity contribution in [1.82, 2.24) is 15.0 Å². The van der Waals surface area contributed by atoms with Gasteiger partial charge in [-0.25, -0.2) is 0 Å². The van der Waals surface area contributed by atoms with Crippen molar-refractivity contribution in [2.45, 2.75) is 0 Å². The molecule has 2 rings (SSSR count). The summed E-state index contributed by atoms with van der Waals surface area (Å²) in [5.74, 6) is 0.671. The van der Waals surface area contributed by atoms with Crippen LogP contribution < -0.4 is 14.8 Å². The van der Waals surface area contributed by atoms with Gasteiger partial charge in [0.2, 0.25) is 5.95 Å². The van der Waals surface area contributed by atoms with Gasteiger partial charge >= 0.3 is 12.0 Å². The number of rotatable bonds is 4. The molecule has 0 aliphatic heterocycles. The average molecular weight is 301 g/mol. The number of nitrogens with one attached hydrogen (secondary N) is 1. The minimum Gasteiger partial charge on any atom is -0.467 e. The smallest absolute Gasteiger partial charge is 0.330 e. The quantitative estimate of drug-likeness (QED) is 0.936. The van der Waals surface area contributed by atoms with Gasteiger partial charge < -0.3 is 14.8 Å². The average Bonchev–Trinajstić information content (AvgIpc) is 2.42. The first-order valence-corrected chi connectivity index (χ1v) is 5.98. The zero-order chi connectivity index (χ0) is 13.8. The third-order valence-electron chi connectivity index (χ3n) is 2.10. The second kappa shape index (κ2) is 5.90. The first-order valence-electron chi connectivity index (χ1n) is 5.23. The highest BCUT2D eigenvalue weighted by Gasteiger charge is 2.10. The minimum atomic E-state index is 0.0559. The lowest BCUT2D eigenvalue weighted by atomic mass is 10.3. The van der Waals surface area contributed by atoms with Crippen molar-refractivity contribution < 1.29 is 9.47 Å². The van der Waals surface area contributed by atoms with Gasteiger partial charge in [0, 0.05) is 18.1 Å². The molecule has 19 heavy (non-hydrogen) atoms. The van der Waals surface area contributed by atoms with E-state index in [4.69, 9.17) is 32.7 Å². The van der Waals surface area contributed by atoms with Gasteiger partial charge in [0.1, 0.15) is 0 Å². The summed E-state index contributed by atoms with van der Waals surface area (Å²) in [6.45, 7) is 0. The third-order valence-corrected chi connectivity index (χ3v) is 2.64. The standard InChI is InChI=1S/C11H10Cl2N4O2/c1-14-9-15-10(18-2)17-11(16-9)19-8-5-6(12)3-4-7(8)13/h3-5H,1-2H3,(H,14,15,16,17). The lowest BCUT2D eigenvalue weighted by Crippen LogP contribution is -2.03. The van der Waals surface area contributed by atoms with Gasteiger partial charge in [-0.1, -0.05) is 23.2 Å². The van der Waals surface area contributed by atoms with Gasteiger partial charge in [-0.3, -0.25) is 0 Å². The topological polar surface area (TPSA) is 69.2 Å². The fourth-order valence-electron chi connectivity index (χ4n) is 1.24. The van der Waals surface area contributed by atoms with Crippen LogP contribution in [0.15, 0.2) is 18.2 Å². The molecule has 0 aliphatic rings. The maximum atomic E-state index is 5.99. The van der Waals surface area contributed by atoms with Crippen LogP contribution in [0.2, 0.25) is 10.0 Å². The maximum absolute atomic E-state index is 5.99. The molecule has 0 amide bonds. The van der Waals surface area contributed by atoms with Crippen LogP contribution in [0.4, 0.5) is 5.95 Å². The van der Waals surface area contributed by atoms with Crippen LogP contribution in [0.5, 0.6) is 17.8 Å². The van der Waals surface area contributed by atoms with Gasteiger partial charge in [-0.05, 0) is 12.1 Å². The van der Waals surface area contributed by atoms with Crippen LogP contribution >= 0.6 is 23.2 Å². The summed E-state index contributed by atoms with van der Waals surface area (Å²) in [6, 6.07) is 5.03. The van der Waals surface area contributed by atoms with E-state index < -0.39 is 0 Å². The molecule has 0 saturated heterocycles. The van der Waals surface area contributed by atoms with Crippen LogP contribution in [0.1, 0.15) is 0 Å². The molecule has 2 aromatic rings. The van der Waals surface area contributed by atoms with Crippen LogP contribution in [-0.4, -0.2) is 29.1 Å². The third kappa shape index (κ3) is 3.36. The molecule has 1 N–H and O–H groups in total. The van der Waals surface area contributed by atoms with Crippen molar-refractivity contribution in [2.24, 2.45) is 0 Å². The Balaban J connectivity index is 2.34. The lowest BCUT2D eigenvalue weighted by molar-refractivity contribution is 0.360. The molecule has 0 unspecified atom stereocenters. The highest BCUT2D eigenvalue weighted by molar-refractivity contribution is 6.34. The predicted molar refractivity (Wildman–Crippen MR) is 72.5 cm³/mol. The second-order valence-electron chi connectivity index (χ2n) is 3.36. The number of benzene rings is 1. The molecule has 0 spiro atoms. The van der Waals surface area contributed by atoms with Crippen molar-refractivity contribution in [3.05, 3.63) is 28.2 Å². The molecule has 0 radical (unpaired) electrons. The molecule has 100 valence electrons. The van der Waals surface area contributed by atoms with Gasteiger partial charge in [0.25, 0.3) is 0 Å². The van der Waals surface area contributed by atoms with Crippen LogP contribution in [0.25, 0.3) is 0 Å². The SMILES string of the molecule is CNc1nc(OC)nc(Oc2cc(Cl)ccc2Cl)n1. The molecule has 0 saturated carbocycles. The van der Waals surface area contributed by atoms with E-state index in [1.807, 2.05) is 0 Å². The van der Waals surface area contributed by atoms with Crippen LogP contribution in [0.3, 0.4) is 0 Å². The molecule has 1 aromatic carbocycles. The number of anilines is 1. The number of halogens is 2. The Kier molecular flexibility index (Phi) is 4.24. The summed E-state index contributed by atoms with van der Waals surface area (Å²) >= 11 is 11.9. The fraction of sp³-hybridized carbons (Fsp3) is 0.182. The molecular formula is C11H10Cl2N4O2. The van der Waals surface area contributed by atoms with E-state index in [0.29, 0.717) is 21.7 Å². The van der Waals surface area contributed by atoms with E-state index in [-0.39, 0.29) is 12.0 Å². The number of nitrogens with zero attached hydrogens (tertiary/aromatic N) is 3. The Labute approximate surface area is 119 Å². The Morgan fingerprint density at radius 3 is 2.53 bits per heavy atom. The van der Waals surface area contributed by atoms with Crippen molar-refractivity contribution in [3.8, 4) is 17.8 Å². The highest BCUT2D eigenvalue weighted by Crippen LogP contribution is 2.31. The monoisotopic (exact) mass is 300 g/mol.